The van der Waals surface area contributed by atoms with Crippen molar-refractivity contribution >= 4 is 23.5 Å². The van der Waals surface area contributed by atoms with Gasteiger partial charge in [0.1, 0.15) is 5.82 Å². The lowest BCUT2D eigenvalue weighted by Crippen LogP contribution is -2.45. The Morgan fingerprint density at radius 2 is 1.97 bits per heavy atom. The van der Waals surface area contributed by atoms with Crippen LogP contribution in [0.15, 0.2) is 30.6 Å². The molecule has 9 nitrogen and oxygen atoms in total. The molecule has 30 heavy (non-hydrogen) atoms. The molecule has 1 aromatic carbocycles. The van der Waals surface area contributed by atoms with Gasteiger partial charge in [-0.05, 0) is 31.0 Å². The average Bonchev–Trinajstić information content (AvgIpc) is 2.73. The number of nitrogens with zero attached hydrogens (tertiary/aromatic N) is 4. The van der Waals surface area contributed by atoms with Crippen LogP contribution in [0.2, 0.25) is 0 Å². The van der Waals surface area contributed by atoms with Crippen molar-refractivity contribution in [3.05, 3.63) is 36.2 Å². The smallest absolute Gasteiger partial charge is 0.405 e. The number of rotatable bonds is 3. The van der Waals surface area contributed by atoms with Gasteiger partial charge in [-0.3, -0.25) is 9.78 Å². The fraction of sp³-hybridized carbons (Fsp3) is 0.429. The SMILES string of the molecule is CC(=O)N1c2ccc(-c3cnc(N4CCNCC4)cn3)cc2C(NC(=O)O)CC1C. The lowest BCUT2D eigenvalue weighted by atomic mass is 9.90. The van der Waals surface area contributed by atoms with Crippen molar-refractivity contribution in [2.75, 3.05) is 36.0 Å². The molecular weight excluding hydrogens is 384 g/mol. The lowest BCUT2D eigenvalue weighted by Gasteiger charge is -2.39. The average molecular weight is 410 g/mol. The summed E-state index contributed by atoms with van der Waals surface area (Å²) in [5.74, 6) is 0.783. The standard InChI is InChI=1S/C21H26N6O3/c1-13-9-17(25-21(29)30)16-10-15(3-4-19(16)27(13)14(2)28)18-11-24-20(12-23-18)26-7-5-22-6-8-26/h3-4,10-13,17,22,25H,5-9H2,1-2H3,(H,29,30). The minimum absolute atomic E-state index is 0.0644. The Hall–Kier alpha value is -3.20. The van der Waals surface area contributed by atoms with E-state index in [2.05, 4.69) is 25.5 Å². The van der Waals surface area contributed by atoms with Crippen molar-refractivity contribution in [2.45, 2.75) is 32.4 Å². The van der Waals surface area contributed by atoms with Crippen molar-refractivity contribution in [1.82, 2.24) is 20.6 Å². The molecule has 0 aliphatic carbocycles. The topological polar surface area (TPSA) is 111 Å². The zero-order valence-electron chi connectivity index (χ0n) is 17.1. The Morgan fingerprint density at radius 1 is 1.20 bits per heavy atom. The predicted octanol–water partition coefficient (Wildman–Crippen LogP) is 2.01. The van der Waals surface area contributed by atoms with Crippen LogP contribution in [0.1, 0.15) is 31.9 Å². The fourth-order valence-electron chi connectivity index (χ4n) is 4.32. The number of aromatic nitrogens is 2. The van der Waals surface area contributed by atoms with E-state index in [1.54, 1.807) is 17.3 Å². The van der Waals surface area contributed by atoms with Crippen molar-refractivity contribution in [3.8, 4) is 11.3 Å². The summed E-state index contributed by atoms with van der Waals surface area (Å²) in [4.78, 5) is 36.6. The highest BCUT2D eigenvalue weighted by Gasteiger charge is 2.33. The maximum Gasteiger partial charge on any atom is 0.405 e. The van der Waals surface area contributed by atoms with E-state index in [9.17, 15) is 14.7 Å². The van der Waals surface area contributed by atoms with Gasteiger partial charge in [0, 0.05) is 50.4 Å². The first-order chi connectivity index (χ1) is 14.4. The van der Waals surface area contributed by atoms with E-state index in [4.69, 9.17) is 0 Å². The molecule has 0 radical (unpaired) electrons. The van der Waals surface area contributed by atoms with Gasteiger partial charge < -0.3 is 25.5 Å². The van der Waals surface area contributed by atoms with Crippen LogP contribution in [0, 0.1) is 0 Å². The van der Waals surface area contributed by atoms with Crippen molar-refractivity contribution in [3.63, 3.8) is 0 Å². The molecule has 2 aliphatic rings. The van der Waals surface area contributed by atoms with Crippen LogP contribution >= 0.6 is 0 Å². The Bertz CT molecular complexity index is 942. The van der Waals surface area contributed by atoms with Gasteiger partial charge in [0.05, 0.1) is 24.1 Å². The van der Waals surface area contributed by atoms with Gasteiger partial charge in [-0.25, -0.2) is 9.78 Å². The number of anilines is 2. The van der Waals surface area contributed by atoms with Gasteiger partial charge in [0.25, 0.3) is 0 Å². The molecule has 3 heterocycles. The van der Waals surface area contributed by atoms with Crippen LogP contribution in [0.25, 0.3) is 11.3 Å². The number of hydrogen-bond acceptors (Lipinski definition) is 6. The van der Waals surface area contributed by atoms with Crippen molar-refractivity contribution in [2.24, 2.45) is 0 Å². The van der Waals surface area contributed by atoms with E-state index < -0.39 is 12.1 Å². The van der Waals surface area contributed by atoms with Crippen LogP contribution in [0.3, 0.4) is 0 Å². The summed E-state index contributed by atoms with van der Waals surface area (Å²) in [6.45, 7) is 7.10. The quantitative estimate of drug-likeness (QED) is 0.710. The molecule has 1 fully saturated rings. The molecule has 9 heteroatoms. The molecule has 0 saturated carbocycles. The number of fused-ring (bicyclic) bond motifs is 1. The second-order valence-electron chi connectivity index (χ2n) is 7.75. The monoisotopic (exact) mass is 410 g/mol. The molecule has 2 amide bonds. The first-order valence-corrected chi connectivity index (χ1v) is 10.2. The fourth-order valence-corrected chi connectivity index (χ4v) is 4.32. The number of nitrogens with one attached hydrogen (secondary N) is 2. The summed E-state index contributed by atoms with van der Waals surface area (Å²) in [6, 6.07) is 5.18. The molecule has 1 aromatic heterocycles. The molecule has 4 rings (SSSR count). The highest BCUT2D eigenvalue weighted by atomic mass is 16.4. The number of piperazine rings is 1. The van der Waals surface area contributed by atoms with E-state index in [0.29, 0.717) is 12.1 Å². The van der Waals surface area contributed by atoms with Crippen LogP contribution in [0.4, 0.5) is 16.3 Å². The van der Waals surface area contributed by atoms with E-state index in [-0.39, 0.29) is 11.9 Å². The molecule has 2 aliphatic heterocycles. The maximum atomic E-state index is 12.2. The Morgan fingerprint density at radius 3 is 2.60 bits per heavy atom. The Labute approximate surface area is 175 Å². The number of amides is 2. The maximum absolute atomic E-state index is 12.2. The molecule has 158 valence electrons. The minimum atomic E-state index is -1.08. The molecule has 3 N–H and O–H groups in total. The van der Waals surface area contributed by atoms with Crippen molar-refractivity contribution in [1.29, 1.82) is 0 Å². The van der Waals surface area contributed by atoms with Crippen LogP contribution < -0.4 is 20.4 Å². The zero-order valence-corrected chi connectivity index (χ0v) is 17.1. The second-order valence-corrected chi connectivity index (χ2v) is 7.75. The summed E-state index contributed by atoms with van der Waals surface area (Å²) in [6.07, 6.45) is 2.94. The zero-order chi connectivity index (χ0) is 21.3. The summed E-state index contributed by atoms with van der Waals surface area (Å²) in [5, 5.41) is 15.2. The number of carbonyl (C=O) groups is 2. The lowest BCUT2D eigenvalue weighted by molar-refractivity contribution is -0.117. The third-order valence-corrected chi connectivity index (χ3v) is 5.69. The predicted molar refractivity (Wildman–Crippen MR) is 114 cm³/mol. The molecule has 0 bridgehead atoms. The first kappa shape index (κ1) is 20.1. The number of hydrogen-bond donors (Lipinski definition) is 3. The second kappa shape index (κ2) is 8.27. The highest BCUT2D eigenvalue weighted by molar-refractivity contribution is 5.94. The molecule has 2 aromatic rings. The van der Waals surface area contributed by atoms with E-state index in [0.717, 1.165) is 48.8 Å². The summed E-state index contributed by atoms with van der Waals surface area (Å²) < 4.78 is 0. The largest absolute Gasteiger partial charge is 0.465 e. The van der Waals surface area contributed by atoms with Gasteiger partial charge >= 0.3 is 6.09 Å². The Balaban J connectivity index is 1.67. The molecule has 1 saturated heterocycles. The van der Waals surface area contributed by atoms with Crippen LogP contribution in [-0.2, 0) is 4.79 Å². The van der Waals surface area contributed by atoms with Crippen LogP contribution in [0.5, 0.6) is 0 Å². The molecule has 0 spiro atoms. The highest BCUT2D eigenvalue weighted by Crippen LogP contribution is 2.39. The number of benzene rings is 1. The van der Waals surface area contributed by atoms with E-state index in [1.807, 2.05) is 25.1 Å². The number of carbonyl (C=O) groups excluding carboxylic acids is 1. The third-order valence-electron chi connectivity index (χ3n) is 5.69. The third kappa shape index (κ3) is 3.93. The Kier molecular flexibility index (Phi) is 5.54. The van der Waals surface area contributed by atoms with E-state index >= 15 is 0 Å². The summed E-state index contributed by atoms with van der Waals surface area (Å²) in [7, 11) is 0. The van der Waals surface area contributed by atoms with Gasteiger partial charge in [-0.1, -0.05) is 6.07 Å². The van der Waals surface area contributed by atoms with Crippen LogP contribution in [-0.4, -0.2) is 59.3 Å². The van der Waals surface area contributed by atoms with Crippen molar-refractivity contribution < 1.29 is 14.7 Å². The van der Waals surface area contributed by atoms with Gasteiger partial charge in [-0.15, -0.1) is 0 Å². The number of carboxylic acid groups (broad SMARTS) is 1. The molecule has 2 unspecified atom stereocenters. The summed E-state index contributed by atoms with van der Waals surface area (Å²) >= 11 is 0. The summed E-state index contributed by atoms with van der Waals surface area (Å²) in [5.41, 5.74) is 3.05. The minimum Gasteiger partial charge on any atom is -0.465 e. The molecule has 2 atom stereocenters. The van der Waals surface area contributed by atoms with Gasteiger partial charge in [0.15, 0.2) is 0 Å². The van der Waals surface area contributed by atoms with Gasteiger partial charge in [0.2, 0.25) is 5.91 Å². The first-order valence-electron chi connectivity index (χ1n) is 10.2. The normalized spacial score (nSPS) is 21.1. The van der Waals surface area contributed by atoms with E-state index in [1.165, 1.54) is 6.92 Å². The molecular formula is C21H26N6O3. The van der Waals surface area contributed by atoms with Gasteiger partial charge in [-0.2, -0.15) is 0 Å².